The van der Waals surface area contributed by atoms with E-state index in [4.69, 9.17) is 0 Å². The number of benzene rings is 2. The van der Waals surface area contributed by atoms with Crippen LogP contribution in [0.3, 0.4) is 0 Å². The van der Waals surface area contributed by atoms with Gasteiger partial charge in [0.1, 0.15) is 0 Å². The van der Waals surface area contributed by atoms with Gasteiger partial charge < -0.3 is 20.9 Å². The van der Waals surface area contributed by atoms with E-state index in [0.717, 1.165) is 48.3 Å². The summed E-state index contributed by atoms with van der Waals surface area (Å²) in [5.74, 6) is -0.233. The summed E-state index contributed by atoms with van der Waals surface area (Å²) in [7, 11) is 0. The van der Waals surface area contributed by atoms with Gasteiger partial charge in [-0.05, 0) is 56.4 Å². The monoisotopic (exact) mass is 394 g/mol. The molecule has 6 nitrogen and oxygen atoms in total. The minimum Gasteiger partial charge on any atom is -0.371 e. The topological polar surface area (TPSA) is 73.5 Å². The number of carbonyl (C=O) groups is 2. The van der Waals surface area contributed by atoms with Crippen molar-refractivity contribution in [1.29, 1.82) is 0 Å². The molecule has 0 aromatic heterocycles. The van der Waals surface area contributed by atoms with Crippen LogP contribution in [0.2, 0.25) is 0 Å². The fourth-order valence-electron chi connectivity index (χ4n) is 3.89. The number of aryl methyl sites for hydroxylation is 3. The third kappa shape index (κ3) is 5.50. The summed E-state index contributed by atoms with van der Waals surface area (Å²) in [5, 5.41) is 8.33. The molecule has 3 amide bonds. The van der Waals surface area contributed by atoms with E-state index in [9.17, 15) is 9.59 Å². The number of hydrogen-bond acceptors (Lipinski definition) is 3. The van der Waals surface area contributed by atoms with E-state index < -0.39 is 0 Å². The maximum absolute atomic E-state index is 12.2. The van der Waals surface area contributed by atoms with Crippen LogP contribution in [0.15, 0.2) is 36.4 Å². The predicted octanol–water partition coefficient (Wildman–Crippen LogP) is 3.30. The van der Waals surface area contributed by atoms with Crippen LogP contribution in [-0.2, 0) is 11.2 Å². The standard InChI is InChI=1S/C23H30N4O2/c1-16-13-17(2)22(18(3)14-16)26-21(28)15-25-23(29)24-10-6-11-27-12-9-19-7-4-5-8-20(19)27/h4-5,7-8,13-14H,6,9-12,15H2,1-3H3,(H,26,28)(H2,24,25,29). The molecule has 0 bridgehead atoms. The second-order valence-corrected chi connectivity index (χ2v) is 7.65. The van der Waals surface area contributed by atoms with Gasteiger partial charge in [-0.1, -0.05) is 35.9 Å². The zero-order valence-corrected chi connectivity index (χ0v) is 17.5. The van der Waals surface area contributed by atoms with E-state index >= 15 is 0 Å². The molecule has 2 aromatic rings. The summed E-state index contributed by atoms with van der Waals surface area (Å²) in [6.07, 6.45) is 1.94. The SMILES string of the molecule is Cc1cc(C)c(NC(=O)CNC(=O)NCCCN2CCc3ccccc32)c(C)c1. The molecule has 0 atom stereocenters. The van der Waals surface area contributed by atoms with Crippen LogP contribution in [0.25, 0.3) is 0 Å². The van der Waals surface area contributed by atoms with E-state index in [0.29, 0.717) is 6.54 Å². The van der Waals surface area contributed by atoms with Crippen LogP contribution >= 0.6 is 0 Å². The minimum absolute atomic E-state index is 0.0575. The molecule has 0 radical (unpaired) electrons. The number of carbonyl (C=O) groups excluding carboxylic acids is 2. The predicted molar refractivity (Wildman–Crippen MR) is 118 cm³/mol. The van der Waals surface area contributed by atoms with E-state index in [-0.39, 0.29) is 18.5 Å². The molecule has 6 heteroatoms. The average molecular weight is 395 g/mol. The molecule has 154 valence electrons. The first-order valence-electron chi connectivity index (χ1n) is 10.2. The average Bonchev–Trinajstić information content (AvgIpc) is 3.09. The summed E-state index contributed by atoms with van der Waals surface area (Å²) in [5.41, 5.74) is 6.70. The van der Waals surface area contributed by atoms with Crippen molar-refractivity contribution in [2.24, 2.45) is 0 Å². The quantitative estimate of drug-likeness (QED) is 0.631. The Kier molecular flexibility index (Phi) is 6.75. The molecule has 1 aliphatic rings. The largest absolute Gasteiger partial charge is 0.371 e. The van der Waals surface area contributed by atoms with Crippen molar-refractivity contribution < 1.29 is 9.59 Å². The molecule has 0 saturated heterocycles. The lowest BCUT2D eigenvalue weighted by Gasteiger charge is -2.19. The molecule has 0 unspecified atom stereocenters. The van der Waals surface area contributed by atoms with Crippen LogP contribution in [0.4, 0.5) is 16.2 Å². The normalized spacial score (nSPS) is 12.4. The molecule has 1 aliphatic heterocycles. The first-order chi connectivity index (χ1) is 13.9. The molecule has 29 heavy (non-hydrogen) atoms. The highest BCUT2D eigenvalue weighted by molar-refractivity contribution is 5.95. The lowest BCUT2D eigenvalue weighted by atomic mass is 10.1. The maximum atomic E-state index is 12.2. The Morgan fingerprint density at radius 2 is 1.76 bits per heavy atom. The van der Waals surface area contributed by atoms with Gasteiger partial charge in [0.05, 0.1) is 6.54 Å². The molecule has 0 saturated carbocycles. The van der Waals surface area contributed by atoms with Gasteiger partial charge in [0.15, 0.2) is 0 Å². The molecule has 0 spiro atoms. The smallest absolute Gasteiger partial charge is 0.315 e. The molecule has 2 aromatic carbocycles. The molecule has 3 rings (SSSR count). The van der Waals surface area contributed by atoms with E-state index in [1.807, 2.05) is 32.9 Å². The Balaban J connectivity index is 1.35. The lowest BCUT2D eigenvalue weighted by Crippen LogP contribution is -2.41. The molecule has 1 heterocycles. The highest BCUT2D eigenvalue weighted by Gasteiger charge is 2.17. The van der Waals surface area contributed by atoms with Crippen LogP contribution in [0, 0.1) is 20.8 Å². The Bertz CT molecular complexity index is 871. The van der Waals surface area contributed by atoms with E-state index in [1.165, 1.54) is 11.3 Å². The van der Waals surface area contributed by atoms with Gasteiger partial charge in [0.25, 0.3) is 0 Å². The fourth-order valence-corrected chi connectivity index (χ4v) is 3.89. The zero-order chi connectivity index (χ0) is 20.8. The number of para-hydroxylation sites is 1. The Hall–Kier alpha value is -3.02. The minimum atomic E-state index is -0.320. The Morgan fingerprint density at radius 3 is 2.52 bits per heavy atom. The van der Waals surface area contributed by atoms with Crippen molar-refractivity contribution in [3.63, 3.8) is 0 Å². The first-order valence-corrected chi connectivity index (χ1v) is 10.2. The number of nitrogens with one attached hydrogen (secondary N) is 3. The van der Waals surface area contributed by atoms with E-state index in [2.05, 4.69) is 45.1 Å². The number of rotatable bonds is 7. The third-order valence-electron chi connectivity index (χ3n) is 5.22. The number of amides is 3. The van der Waals surface area contributed by atoms with Gasteiger partial charge in [0.2, 0.25) is 5.91 Å². The highest BCUT2D eigenvalue weighted by atomic mass is 16.2. The number of nitrogens with zero attached hydrogens (tertiary/aromatic N) is 1. The summed E-state index contributed by atoms with van der Waals surface area (Å²) in [4.78, 5) is 26.5. The van der Waals surface area contributed by atoms with Crippen molar-refractivity contribution in [3.05, 3.63) is 58.7 Å². The summed E-state index contributed by atoms with van der Waals surface area (Å²) in [6, 6.07) is 12.2. The molecular weight excluding hydrogens is 364 g/mol. The van der Waals surface area contributed by atoms with Gasteiger partial charge in [-0.25, -0.2) is 4.79 Å². The maximum Gasteiger partial charge on any atom is 0.315 e. The molecule has 3 N–H and O–H groups in total. The van der Waals surface area contributed by atoms with Crippen molar-refractivity contribution in [3.8, 4) is 0 Å². The van der Waals surface area contributed by atoms with Crippen LogP contribution in [-0.4, -0.2) is 38.1 Å². The molecular formula is C23H30N4O2. The van der Waals surface area contributed by atoms with Gasteiger partial charge in [-0.2, -0.15) is 0 Å². The zero-order valence-electron chi connectivity index (χ0n) is 17.5. The molecule has 0 fully saturated rings. The van der Waals surface area contributed by atoms with Gasteiger partial charge in [-0.15, -0.1) is 0 Å². The summed E-state index contributed by atoms with van der Waals surface area (Å²) in [6.45, 7) is 8.41. The number of urea groups is 1. The van der Waals surface area contributed by atoms with Gasteiger partial charge >= 0.3 is 6.03 Å². The van der Waals surface area contributed by atoms with Gasteiger partial charge in [0, 0.05) is 31.0 Å². The summed E-state index contributed by atoms with van der Waals surface area (Å²) >= 11 is 0. The van der Waals surface area contributed by atoms with Crippen LogP contribution in [0.5, 0.6) is 0 Å². The molecule has 0 aliphatic carbocycles. The first kappa shape index (κ1) is 20.7. The summed E-state index contributed by atoms with van der Waals surface area (Å²) < 4.78 is 0. The van der Waals surface area contributed by atoms with Crippen LogP contribution < -0.4 is 20.9 Å². The van der Waals surface area contributed by atoms with Crippen LogP contribution in [0.1, 0.15) is 28.7 Å². The third-order valence-corrected chi connectivity index (χ3v) is 5.22. The second kappa shape index (κ2) is 9.45. The van der Waals surface area contributed by atoms with Crippen molar-refractivity contribution in [2.75, 3.05) is 36.4 Å². The highest BCUT2D eigenvalue weighted by Crippen LogP contribution is 2.27. The fraction of sp³-hybridized carbons (Fsp3) is 0.391. The Morgan fingerprint density at radius 1 is 1.03 bits per heavy atom. The lowest BCUT2D eigenvalue weighted by molar-refractivity contribution is -0.115. The second-order valence-electron chi connectivity index (χ2n) is 7.65. The number of anilines is 2. The van der Waals surface area contributed by atoms with Crippen molar-refractivity contribution >= 4 is 23.3 Å². The Labute approximate surface area is 172 Å². The number of fused-ring (bicyclic) bond motifs is 1. The number of hydrogen-bond donors (Lipinski definition) is 3. The van der Waals surface area contributed by atoms with Gasteiger partial charge in [-0.3, -0.25) is 4.79 Å². The van der Waals surface area contributed by atoms with E-state index in [1.54, 1.807) is 0 Å². The van der Waals surface area contributed by atoms with Crippen molar-refractivity contribution in [1.82, 2.24) is 10.6 Å². The van der Waals surface area contributed by atoms with Crippen molar-refractivity contribution in [2.45, 2.75) is 33.6 Å².